The molecule has 1 amide bonds. The van der Waals surface area contributed by atoms with Gasteiger partial charge in [-0.15, -0.1) is 11.3 Å². The molecule has 0 aliphatic carbocycles. The lowest BCUT2D eigenvalue weighted by Crippen LogP contribution is -2.36. The first-order valence-corrected chi connectivity index (χ1v) is 8.21. The second-order valence-electron chi connectivity index (χ2n) is 6.36. The highest BCUT2D eigenvalue weighted by Crippen LogP contribution is 2.32. The van der Waals surface area contributed by atoms with Crippen LogP contribution in [-0.4, -0.2) is 5.91 Å². The summed E-state index contributed by atoms with van der Waals surface area (Å²) in [6, 6.07) is 14.3. The third-order valence-electron chi connectivity index (χ3n) is 3.48. The van der Waals surface area contributed by atoms with Crippen molar-refractivity contribution in [3.05, 3.63) is 58.3 Å². The van der Waals surface area contributed by atoms with Gasteiger partial charge in [-0.05, 0) is 28.8 Å². The molecule has 21 heavy (non-hydrogen) atoms. The van der Waals surface area contributed by atoms with Gasteiger partial charge in [0.1, 0.15) is 0 Å². The van der Waals surface area contributed by atoms with E-state index in [0.29, 0.717) is 6.42 Å². The zero-order valence-electron chi connectivity index (χ0n) is 12.9. The minimum atomic E-state index is -0.0139. The van der Waals surface area contributed by atoms with Crippen LogP contribution in [0.5, 0.6) is 0 Å². The van der Waals surface area contributed by atoms with Gasteiger partial charge in [0.05, 0.1) is 6.04 Å². The molecule has 0 spiro atoms. The fraction of sp³-hybridized carbons (Fsp3) is 0.389. The predicted molar refractivity (Wildman–Crippen MR) is 89.4 cm³/mol. The molecule has 0 fully saturated rings. The summed E-state index contributed by atoms with van der Waals surface area (Å²) in [6.07, 6.45) is 1.36. The van der Waals surface area contributed by atoms with E-state index in [-0.39, 0.29) is 17.4 Å². The van der Waals surface area contributed by atoms with Crippen LogP contribution in [0.1, 0.15) is 43.7 Å². The highest BCUT2D eigenvalue weighted by atomic mass is 32.1. The van der Waals surface area contributed by atoms with Crippen molar-refractivity contribution in [2.45, 2.75) is 39.7 Å². The van der Waals surface area contributed by atoms with Crippen LogP contribution >= 0.6 is 11.3 Å². The van der Waals surface area contributed by atoms with E-state index in [2.05, 4.69) is 49.7 Å². The molecule has 0 aliphatic heterocycles. The first-order valence-electron chi connectivity index (χ1n) is 7.33. The van der Waals surface area contributed by atoms with E-state index in [1.807, 2.05) is 24.3 Å². The molecule has 1 heterocycles. The summed E-state index contributed by atoms with van der Waals surface area (Å²) >= 11 is 1.71. The molecule has 2 nitrogen and oxygen atoms in total. The van der Waals surface area contributed by atoms with Crippen LogP contribution < -0.4 is 5.32 Å². The molecule has 112 valence electrons. The van der Waals surface area contributed by atoms with E-state index in [4.69, 9.17) is 0 Å². The number of thiophene rings is 1. The lowest BCUT2D eigenvalue weighted by atomic mass is 9.82. The maximum absolute atomic E-state index is 12.3. The van der Waals surface area contributed by atoms with Gasteiger partial charge >= 0.3 is 0 Å². The Balaban J connectivity index is 2.00. The van der Waals surface area contributed by atoms with Crippen LogP contribution in [0.15, 0.2) is 47.8 Å². The van der Waals surface area contributed by atoms with Crippen molar-refractivity contribution in [3.8, 4) is 0 Å². The average molecular weight is 301 g/mol. The molecule has 3 heteroatoms. The van der Waals surface area contributed by atoms with Crippen molar-refractivity contribution in [3.63, 3.8) is 0 Å². The van der Waals surface area contributed by atoms with Crippen molar-refractivity contribution in [1.82, 2.24) is 5.32 Å². The van der Waals surface area contributed by atoms with E-state index in [1.54, 1.807) is 11.3 Å². The number of carbonyl (C=O) groups is 1. The molecule has 1 atom stereocenters. The normalized spacial score (nSPS) is 12.9. The summed E-state index contributed by atoms with van der Waals surface area (Å²) in [7, 11) is 0. The Kier molecular flexibility index (Phi) is 5.18. The monoisotopic (exact) mass is 301 g/mol. The minimum Gasteiger partial charge on any atom is -0.349 e. The third-order valence-corrected chi connectivity index (χ3v) is 4.42. The van der Waals surface area contributed by atoms with E-state index in [0.717, 1.165) is 12.0 Å². The summed E-state index contributed by atoms with van der Waals surface area (Å²) in [5.74, 6) is 0.118. The maximum Gasteiger partial charge on any atom is 0.220 e. The van der Waals surface area contributed by atoms with E-state index in [1.165, 1.54) is 4.88 Å². The van der Waals surface area contributed by atoms with E-state index < -0.39 is 0 Å². The summed E-state index contributed by atoms with van der Waals surface area (Å²) in [6.45, 7) is 6.47. The molecule has 1 N–H and O–H groups in total. The van der Waals surface area contributed by atoms with Crippen molar-refractivity contribution < 1.29 is 4.79 Å². The Hall–Kier alpha value is -1.61. The van der Waals surface area contributed by atoms with Crippen molar-refractivity contribution in [2.75, 3.05) is 0 Å². The Morgan fingerprint density at radius 3 is 2.43 bits per heavy atom. The SMILES string of the molecule is CC(C)(C)C(NC(=O)CCc1cccs1)c1ccccc1. The van der Waals surface area contributed by atoms with Crippen LogP contribution in [0.3, 0.4) is 0 Å². The van der Waals surface area contributed by atoms with Gasteiger partial charge in [0.25, 0.3) is 0 Å². The summed E-state index contributed by atoms with van der Waals surface area (Å²) in [5.41, 5.74) is 1.15. The third kappa shape index (κ3) is 4.71. The molecule has 0 saturated heterocycles. The molecule has 1 unspecified atom stereocenters. The topological polar surface area (TPSA) is 29.1 Å². The summed E-state index contributed by atoms with van der Waals surface area (Å²) < 4.78 is 0. The summed E-state index contributed by atoms with van der Waals surface area (Å²) in [5, 5.41) is 5.25. The van der Waals surface area contributed by atoms with Gasteiger partial charge in [0.2, 0.25) is 5.91 Å². The zero-order chi connectivity index (χ0) is 15.3. The molecule has 0 radical (unpaired) electrons. The average Bonchev–Trinajstić information content (AvgIpc) is 2.95. The fourth-order valence-electron chi connectivity index (χ4n) is 2.37. The first-order chi connectivity index (χ1) is 9.97. The predicted octanol–water partition coefficient (Wildman–Crippen LogP) is 4.58. The van der Waals surface area contributed by atoms with E-state index >= 15 is 0 Å². The number of hydrogen-bond acceptors (Lipinski definition) is 2. The van der Waals surface area contributed by atoms with Crippen molar-refractivity contribution >= 4 is 17.2 Å². The molecule has 0 bridgehead atoms. The van der Waals surface area contributed by atoms with Gasteiger partial charge in [0.15, 0.2) is 0 Å². The molecular formula is C18H23NOS. The zero-order valence-corrected chi connectivity index (χ0v) is 13.7. The van der Waals surface area contributed by atoms with Gasteiger partial charge in [-0.1, -0.05) is 57.2 Å². The second-order valence-corrected chi connectivity index (χ2v) is 7.39. The van der Waals surface area contributed by atoms with Crippen molar-refractivity contribution in [2.24, 2.45) is 5.41 Å². The Labute approximate surface area is 131 Å². The number of aryl methyl sites for hydroxylation is 1. The van der Waals surface area contributed by atoms with Crippen molar-refractivity contribution in [1.29, 1.82) is 0 Å². The fourth-order valence-corrected chi connectivity index (χ4v) is 3.08. The number of amides is 1. The maximum atomic E-state index is 12.3. The molecule has 0 aliphatic rings. The summed E-state index contributed by atoms with van der Waals surface area (Å²) in [4.78, 5) is 13.5. The number of benzene rings is 1. The highest BCUT2D eigenvalue weighted by Gasteiger charge is 2.27. The van der Waals surface area contributed by atoms with Crippen LogP contribution in [0.2, 0.25) is 0 Å². The lowest BCUT2D eigenvalue weighted by molar-refractivity contribution is -0.122. The first kappa shape index (κ1) is 15.8. The lowest BCUT2D eigenvalue weighted by Gasteiger charge is -2.32. The second kappa shape index (κ2) is 6.90. The number of nitrogens with one attached hydrogen (secondary N) is 1. The van der Waals surface area contributed by atoms with E-state index in [9.17, 15) is 4.79 Å². The van der Waals surface area contributed by atoms with Crippen LogP contribution in [-0.2, 0) is 11.2 Å². The van der Waals surface area contributed by atoms with Crippen LogP contribution in [0.25, 0.3) is 0 Å². The molecular weight excluding hydrogens is 278 g/mol. The molecule has 1 aromatic heterocycles. The standard InChI is InChI=1S/C18H23NOS/c1-18(2,3)17(14-8-5-4-6-9-14)19-16(20)12-11-15-10-7-13-21-15/h4-10,13,17H,11-12H2,1-3H3,(H,19,20). The Bertz CT molecular complexity index is 555. The van der Waals surface area contributed by atoms with Gasteiger partial charge in [-0.25, -0.2) is 0 Å². The van der Waals surface area contributed by atoms with Gasteiger partial charge in [-0.3, -0.25) is 4.79 Å². The Morgan fingerprint density at radius 1 is 1.14 bits per heavy atom. The number of hydrogen-bond donors (Lipinski definition) is 1. The Morgan fingerprint density at radius 2 is 1.86 bits per heavy atom. The van der Waals surface area contributed by atoms with Crippen LogP contribution in [0.4, 0.5) is 0 Å². The quantitative estimate of drug-likeness (QED) is 0.860. The molecule has 1 aromatic carbocycles. The van der Waals surface area contributed by atoms with Gasteiger partial charge in [-0.2, -0.15) is 0 Å². The van der Waals surface area contributed by atoms with Crippen LogP contribution in [0, 0.1) is 5.41 Å². The molecule has 0 saturated carbocycles. The number of carbonyl (C=O) groups excluding carboxylic acids is 1. The minimum absolute atomic E-state index is 0.0139. The highest BCUT2D eigenvalue weighted by molar-refractivity contribution is 7.09. The van der Waals surface area contributed by atoms with Gasteiger partial charge < -0.3 is 5.32 Å². The van der Waals surface area contributed by atoms with Gasteiger partial charge in [0, 0.05) is 11.3 Å². The smallest absolute Gasteiger partial charge is 0.220 e. The molecule has 2 rings (SSSR count). The number of rotatable bonds is 5. The molecule has 2 aromatic rings. The largest absolute Gasteiger partial charge is 0.349 e.